The molecule has 1 N–H and O–H groups in total. The van der Waals surface area contributed by atoms with Gasteiger partial charge in [0, 0.05) is 13.1 Å². The zero-order valence-corrected chi connectivity index (χ0v) is 9.78. The number of rotatable bonds is 4. The predicted molar refractivity (Wildman–Crippen MR) is 55.4 cm³/mol. The molecule has 0 saturated heterocycles. The van der Waals surface area contributed by atoms with Crippen LogP contribution in [0.1, 0.15) is 18.3 Å². The average Bonchev–Trinajstić information content (AvgIpc) is 2.43. The van der Waals surface area contributed by atoms with Gasteiger partial charge in [0.15, 0.2) is 0 Å². The molecule has 0 amide bonds. The molecule has 0 unspecified atom stereocenters. The van der Waals surface area contributed by atoms with E-state index in [0.29, 0.717) is 23.0 Å². The fourth-order valence-corrected chi connectivity index (χ4v) is 1.56. The topological polar surface area (TPSA) is 29.9 Å². The third-order valence-corrected chi connectivity index (χ3v) is 2.56. The van der Waals surface area contributed by atoms with Gasteiger partial charge >= 0.3 is 6.18 Å². The zero-order valence-electron chi connectivity index (χ0n) is 9.03. The number of halogens is 4. The lowest BCUT2D eigenvalue weighted by molar-refractivity contribution is -0.125. The third kappa shape index (κ3) is 3.38. The van der Waals surface area contributed by atoms with Crippen molar-refractivity contribution >= 4 is 11.6 Å². The molecule has 1 aromatic rings. The van der Waals surface area contributed by atoms with E-state index >= 15 is 0 Å². The van der Waals surface area contributed by atoms with E-state index < -0.39 is 12.7 Å². The Kier molecular flexibility index (Phi) is 4.21. The van der Waals surface area contributed by atoms with Crippen LogP contribution in [0.3, 0.4) is 0 Å². The lowest BCUT2D eigenvalue weighted by atomic mass is 10.3. The molecule has 0 atom stereocenters. The smallest absolute Gasteiger partial charge is 0.303 e. The van der Waals surface area contributed by atoms with Gasteiger partial charge in [0.05, 0.1) is 23.0 Å². The normalized spacial score (nSPS) is 12.1. The summed E-state index contributed by atoms with van der Waals surface area (Å²) in [5.74, 6) is 0. The summed E-state index contributed by atoms with van der Waals surface area (Å²) in [6.45, 7) is 3.19. The van der Waals surface area contributed by atoms with Crippen LogP contribution in [0.15, 0.2) is 0 Å². The quantitative estimate of drug-likeness (QED) is 0.896. The average molecular weight is 256 g/mol. The van der Waals surface area contributed by atoms with E-state index in [0.717, 1.165) is 0 Å². The van der Waals surface area contributed by atoms with Crippen LogP contribution < -0.4 is 5.32 Å². The Morgan fingerprint density at radius 1 is 1.44 bits per heavy atom. The van der Waals surface area contributed by atoms with Gasteiger partial charge in [-0.1, -0.05) is 11.6 Å². The molecule has 0 saturated carbocycles. The number of aryl methyl sites for hydroxylation is 2. The van der Waals surface area contributed by atoms with Crippen LogP contribution in [0, 0.1) is 6.92 Å². The maximum absolute atomic E-state index is 11.9. The molecule has 1 rings (SSSR count). The zero-order chi connectivity index (χ0) is 12.3. The predicted octanol–water partition coefficient (Wildman–Crippen LogP) is 2.52. The molecule has 0 fully saturated rings. The van der Waals surface area contributed by atoms with Crippen molar-refractivity contribution < 1.29 is 13.2 Å². The van der Waals surface area contributed by atoms with Crippen LogP contribution in [-0.2, 0) is 13.1 Å². The van der Waals surface area contributed by atoms with E-state index in [-0.39, 0.29) is 6.54 Å². The molecule has 16 heavy (non-hydrogen) atoms. The first kappa shape index (κ1) is 13.3. The van der Waals surface area contributed by atoms with Gasteiger partial charge in [-0.25, -0.2) is 0 Å². The molecular formula is C9H13ClF3N3. The highest BCUT2D eigenvalue weighted by molar-refractivity contribution is 6.31. The number of nitrogens with zero attached hydrogens (tertiary/aromatic N) is 2. The van der Waals surface area contributed by atoms with Gasteiger partial charge < -0.3 is 5.32 Å². The van der Waals surface area contributed by atoms with Crippen molar-refractivity contribution in [2.24, 2.45) is 0 Å². The fraction of sp³-hybridized carbons (Fsp3) is 0.667. The molecule has 0 aliphatic heterocycles. The first-order chi connectivity index (χ1) is 7.35. The number of nitrogens with one attached hydrogen (secondary N) is 1. The van der Waals surface area contributed by atoms with Crippen LogP contribution >= 0.6 is 11.6 Å². The van der Waals surface area contributed by atoms with E-state index in [9.17, 15) is 13.2 Å². The summed E-state index contributed by atoms with van der Waals surface area (Å²) in [5, 5.41) is 6.83. The monoisotopic (exact) mass is 255 g/mol. The van der Waals surface area contributed by atoms with Crippen LogP contribution in [-0.4, -0.2) is 22.5 Å². The van der Waals surface area contributed by atoms with Crippen LogP contribution in [0.5, 0.6) is 0 Å². The Balaban J connectivity index is 2.66. The van der Waals surface area contributed by atoms with Crippen molar-refractivity contribution in [1.82, 2.24) is 15.1 Å². The Hall–Kier alpha value is -0.750. The largest absolute Gasteiger partial charge is 0.401 e. The molecule has 0 bridgehead atoms. The molecule has 1 heterocycles. The maximum Gasteiger partial charge on any atom is 0.401 e. The minimum absolute atomic E-state index is 0.0625. The summed E-state index contributed by atoms with van der Waals surface area (Å²) >= 11 is 5.94. The number of aromatic nitrogens is 2. The Morgan fingerprint density at radius 2 is 2.06 bits per heavy atom. The van der Waals surface area contributed by atoms with Crippen molar-refractivity contribution in [1.29, 1.82) is 0 Å². The highest BCUT2D eigenvalue weighted by atomic mass is 35.5. The molecule has 3 nitrogen and oxygen atoms in total. The van der Waals surface area contributed by atoms with E-state index in [1.165, 1.54) is 0 Å². The first-order valence-electron chi connectivity index (χ1n) is 4.84. The lowest BCUT2D eigenvalue weighted by Crippen LogP contribution is -2.29. The van der Waals surface area contributed by atoms with E-state index in [4.69, 9.17) is 11.6 Å². The molecule has 0 radical (unpaired) electrons. The standard InChI is InChI=1S/C9H13ClF3N3/c1-3-16-7(8(10)6(2)15-16)4-14-5-9(11,12)13/h14H,3-5H2,1-2H3. The summed E-state index contributed by atoms with van der Waals surface area (Å²) in [7, 11) is 0. The van der Waals surface area contributed by atoms with Gasteiger partial charge in [-0.3, -0.25) is 4.68 Å². The molecule has 0 spiro atoms. The SMILES string of the molecule is CCn1nc(C)c(Cl)c1CNCC(F)(F)F. The summed E-state index contributed by atoms with van der Waals surface area (Å²) < 4.78 is 37.4. The van der Waals surface area contributed by atoms with Crippen molar-refractivity contribution in [3.8, 4) is 0 Å². The molecule has 1 aromatic heterocycles. The van der Waals surface area contributed by atoms with Crippen LogP contribution in [0.4, 0.5) is 13.2 Å². The second-order valence-corrected chi connectivity index (χ2v) is 3.76. The van der Waals surface area contributed by atoms with Gasteiger partial charge in [-0.05, 0) is 13.8 Å². The molecule has 0 aliphatic rings. The van der Waals surface area contributed by atoms with Crippen LogP contribution in [0.25, 0.3) is 0 Å². The fourth-order valence-electron chi connectivity index (χ4n) is 1.36. The van der Waals surface area contributed by atoms with Gasteiger partial charge in [0.25, 0.3) is 0 Å². The summed E-state index contributed by atoms with van der Waals surface area (Å²) in [4.78, 5) is 0. The minimum Gasteiger partial charge on any atom is -0.303 e. The van der Waals surface area contributed by atoms with Crippen molar-refractivity contribution in [2.75, 3.05) is 6.54 Å². The van der Waals surface area contributed by atoms with Crippen molar-refractivity contribution in [2.45, 2.75) is 33.1 Å². The molecule has 0 aliphatic carbocycles. The summed E-state index contributed by atoms with van der Waals surface area (Å²) in [6, 6.07) is 0. The highest BCUT2D eigenvalue weighted by Crippen LogP contribution is 2.20. The molecule has 7 heteroatoms. The maximum atomic E-state index is 11.9. The van der Waals surface area contributed by atoms with Crippen molar-refractivity contribution in [3.63, 3.8) is 0 Å². The Morgan fingerprint density at radius 3 is 2.56 bits per heavy atom. The lowest BCUT2D eigenvalue weighted by Gasteiger charge is -2.09. The highest BCUT2D eigenvalue weighted by Gasteiger charge is 2.26. The van der Waals surface area contributed by atoms with Crippen LogP contribution in [0.2, 0.25) is 5.02 Å². The third-order valence-electron chi connectivity index (χ3n) is 2.07. The molecular weight excluding hydrogens is 243 g/mol. The van der Waals surface area contributed by atoms with Gasteiger partial charge in [0.1, 0.15) is 0 Å². The number of alkyl halides is 3. The van der Waals surface area contributed by atoms with Gasteiger partial charge in [0.2, 0.25) is 0 Å². The van der Waals surface area contributed by atoms with Crippen molar-refractivity contribution in [3.05, 3.63) is 16.4 Å². The first-order valence-corrected chi connectivity index (χ1v) is 5.22. The second-order valence-electron chi connectivity index (χ2n) is 3.38. The minimum atomic E-state index is -4.21. The van der Waals surface area contributed by atoms with E-state index in [1.807, 2.05) is 6.92 Å². The number of hydrogen-bond donors (Lipinski definition) is 1. The molecule has 0 aromatic carbocycles. The van der Waals surface area contributed by atoms with E-state index in [2.05, 4.69) is 10.4 Å². The van der Waals surface area contributed by atoms with Gasteiger partial charge in [-0.15, -0.1) is 0 Å². The second kappa shape index (κ2) is 5.05. The summed E-state index contributed by atoms with van der Waals surface area (Å²) in [6.07, 6.45) is -4.21. The molecule has 92 valence electrons. The Labute approximate surface area is 96.6 Å². The summed E-state index contributed by atoms with van der Waals surface area (Å²) in [5.41, 5.74) is 1.22. The van der Waals surface area contributed by atoms with E-state index in [1.54, 1.807) is 11.6 Å². The number of hydrogen-bond acceptors (Lipinski definition) is 2. The Bertz CT molecular complexity index is 360. The van der Waals surface area contributed by atoms with Gasteiger partial charge in [-0.2, -0.15) is 18.3 Å².